The third kappa shape index (κ3) is 8.85. The maximum Gasteiger partial charge on any atom is 0.261 e. The molecule has 214 valence electrons. The quantitative estimate of drug-likeness (QED) is 0.249. The second kappa shape index (κ2) is 14.4. The van der Waals surface area contributed by atoms with Crippen molar-refractivity contribution in [3.05, 3.63) is 94.0 Å². The maximum atomic E-state index is 13.9. The standard InChI is InChI=1S/C33H41BrN2O4/c1-7-23(2)35-32(38)29(19-24-12-9-8-10-13-24)36(21-25-14-11-15-27(18-25)39-6)31(37)22-40-30-17-16-26(20-28(30)34)33(3,4)5/h8-18,20,23,29H,7,19,21-22H2,1-6H3,(H,35,38). The lowest BCUT2D eigenvalue weighted by atomic mass is 9.87. The highest BCUT2D eigenvalue weighted by Crippen LogP contribution is 2.31. The van der Waals surface area contributed by atoms with Crippen molar-refractivity contribution in [3.63, 3.8) is 0 Å². The molecule has 7 heteroatoms. The summed E-state index contributed by atoms with van der Waals surface area (Å²) in [6.07, 6.45) is 1.16. The Bertz CT molecular complexity index is 1270. The molecule has 3 rings (SSSR count). The molecule has 2 atom stereocenters. The number of carbonyl (C=O) groups is 2. The molecule has 0 saturated heterocycles. The van der Waals surface area contributed by atoms with Gasteiger partial charge in [0.2, 0.25) is 5.91 Å². The Hall–Kier alpha value is -3.32. The van der Waals surface area contributed by atoms with Gasteiger partial charge in [-0.2, -0.15) is 0 Å². The number of rotatable bonds is 12. The van der Waals surface area contributed by atoms with Crippen LogP contribution in [-0.2, 0) is 28.0 Å². The molecular weight excluding hydrogens is 568 g/mol. The molecule has 2 unspecified atom stereocenters. The molecule has 0 aliphatic heterocycles. The third-order valence-corrected chi connectivity index (χ3v) is 7.53. The predicted octanol–water partition coefficient (Wildman–Crippen LogP) is 6.69. The zero-order valence-electron chi connectivity index (χ0n) is 24.4. The lowest BCUT2D eigenvalue weighted by Gasteiger charge is -2.32. The van der Waals surface area contributed by atoms with Crippen molar-refractivity contribution in [1.29, 1.82) is 0 Å². The number of methoxy groups -OCH3 is 1. The number of nitrogens with zero attached hydrogens (tertiary/aromatic N) is 1. The van der Waals surface area contributed by atoms with Crippen LogP contribution < -0.4 is 14.8 Å². The van der Waals surface area contributed by atoms with Crippen molar-refractivity contribution in [1.82, 2.24) is 10.2 Å². The maximum absolute atomic E-state index is 13.9. The van der Waals surface area contributed by atoms with E-state index in [1.165, 1.54) is 0 Å². The van der Waals surface area contributed by atoms with E-state index in [1.54, 1.807) is 12.0 Å². The molecule has 3 aromatic carbocycles. The summed E-state index contributed by atoms with van der Waals surface area (Å²) < 4.78 is 12.2. The van der Waals surface area contributed by atoms with E-state index in [0.29, 0.717) is 17.9 Å². The fourth-order valence-electron chi connectivity index (χ4n) is 4.27. The first-order chi connectivity index (χ1) is 19.0. The summed E-state index contributed by atoms with van der Waals surface area (Å²) in [5.41, 5.74) is 2.97. The van der Waals surface area contributed by atoms with Gasteiger partial charge in [0.25, 0.3) is 5.91 Å². The average molecular weight is 610 g/mol. The van der Waals surface area contributed by atoms with Gasteiger partial charge in [-0.1, -0.05) is 76.2 Å². The van der Waals surface area contributed by atoms with Crippen LogP contribution >= 0.6 is 15.9 Å². The summed E-state index contributed by atoms with van der Waals surface area (Å²) >= 11 is 3.60. The normalized spacial score (nSPS) is 12.8. The molecule has 0 fully saturated rings. The van der Waals surface area contributed by atoms with Gasteiger partial charge in [-0.3, -0.25) is 9.59 Å². The second-order valence-electron chi connectivity index (χ2n) is 11.1. The van der Waals surface area contributed by atoms with Crippen LogP contribution in [0, 0.1) is 0 Å². The molecule has 2 amide bonds. The minimum absolute atomic E-state index is 0.0158. The van der Waals surface area contributed by atoms with Gasteiger partial charge < -0.3 is 19.7 Å². The lowest BCUT2D eigenvalue weighted by molar-refractivity contribution is -0.143. The lowest BCUT2D eigenvalue weighted by Crippen LogP contribution is -2.53. The number of amides is 2. The van der Waals surface area contributed by atoms with Crippen molar-refractivity contribution in [2.24, 2.45) is 0 Å². The van der Waals surface area contributed by atoms with Crippen LogP contribution in [0.1, 0.15) is 57.7 Å². The SMILES string of the molecule is CCC(C)NC(=O)C(Cc1ccccc1)N(Cc1cccc(OC)c1)C(=O)COc1ccc(C(C)(C)C)cc1Br. The largest absolute Gasteiger partial charge is 0.497 e. The number of halogens is 1. The molecule has 0 saturated carbocycles. The summed E-state index contributed by atoms with van der Waals surface area (Å²) in [6, 6.07) is 22.5. The van der Waals surface area contributed by atoms with Gasteiger partial charge in [0.05, 0.1) is 11.6 Å². The topological polar surface area (TPSA) is 67.9 Å². The average Bonchev–Trinajstić information content (AvgIpc) is 2.94. The molecular formula is C33H41BrN2O4. The van der Waals surface area contributed by atoms with Gasteiger partial charge in [0.1, 0.15) is 17.5 Å². The number of hydrogen-bond acceptors (Lipinski definition) is 4. The number of ether oxygens (including phenoxy) is 2. The fourth-order valence-corrected chi connectivity index (χ4v) is 4.76. The number of hydrogen-bond donors (Lipinski definition) is 1. The molecule has 0 aliphatic carbocycles. The second-order valence-corrected chi connectivity index (χ2v) is 11.9. The van der Waals surface area contributed by atoms with Gasteiger partial charge in [-0.05, 0) is 75.6 Å². The minimum atomic E-state index is -0.731. The Morgan fingerprint density at radius 1 is 0.975 bits per heavy atom. The highest BCUT2D eigenvalue weighted by molar-refractivity contribution is 9.10. The third-order valence-electron chi connectivity index (χ3n) is 6.91. The van der Waals surface area contributed by atoms with E-state index in [2.05, 4.69) is 42.0 Å². The van der Waals surface area contributed by atoms with Crippen molar-refractivity contribution in [3.8, 4) is 11.5 Å². The molecule has 40 heavy (non-hydrogen) atoms. The molecule has 0 spiro atoms. The van der Waals surface area contributed by atoms with Gasteiger partial charge >= 0.3 is 0 Å². The van der Waals surface area contributed by atoms with Crippen LogP contribution in [0.4, 0.5) is 0 Å². The molecule has 3 aromatic rings. The van der Waals surface area contributed by atoms with Crippen molar-refractivity contribution in [2.45, 2.75) is 71.5 Å². The van der Waals surface area contributed by atoms with Crippen LogP contribution in [0.5, 0.6) is 11.5 Å². The van der Waals surface area contributed by atoms with E-state index in [4.69, 9.17) is 9.47 Å². The molecule has 0 heterocycles. The van der Waals surface area contributed by atoms with Crippen molar-refractivity contribution in [2.75, 3.05) is 13.7 Å². The Morgan fingerprint density at radius 3 is 2.30 bits per heavy atom. The number of carbonyl (C=O) groups excluding carboxylic acids is 2. The molecule has 0 radical (unpaired) electrons. The van der Waals surface area contributed by atoms with Gasteiger partial charge in [0.15, 0.2) is 6.61 Å². The first kappa shape index (κ1) is 31.2. The van der Waals surface area contributed by atoms with E-state index < -0.39 is 6.04 Å². The highest BCUT2D eigenvalue weighted by Gasteiger charge is 2.31. The summed E-state index contributed by atoms with van der Waals surface area (Å²) in [4.78, 5) is 29.2. The minimum Gasteiger partial charge on any atom is -0.497 e. The zero-order valence-corrected chi connectivity index (χ0v) is 26.0. The summed E-state index contributed by atoms with van der Waals surface area (Å²) in [5, 5.41) is 3.09. The fraction of sp³-hybridized carbons (Fsp3) is 0.394. The van der Waals surface area contributed by atoms with Crippen LogP contribution in [0.2, 0.25) is 0 Å². The number of benzene rings is 3. The zero-order chi connectivity index (χ0) is 29.3. The molecule has 1 N–H and O–H groups in total. The summed E-state index contributed by atoms with van der Waals surface area (Å²) in [6.45, 7) is 10.4. The Morgan fingerprint density at radius 2 is 1.68 bits per heavy atom. The van der Waals surface area contributed by atoms with Crippen LogP contribution in [0.15, 0.2) is 77.3 Å². The number of nitrogens with one attached hydrogen (secondary N) is 1. The first-order valence-electron chi connectivity index (χ1n) is 13.7. The van der Waals surface area contributed by atoms with E-state index in [1.807, 2.05) is 86.6 Å². The van der Waals surface area contributed by atoms with Crippen LogP contribution in [-0.4, -0.2) is 42.5 Å². The smallest absolute Gasteiger partial charge is 0.261 e. The molecule has 0 aromatic heterocycles. The van der Waals surface area contributed by atoms with E-state index in [-0.39, 0.29) is 36.4 Å². The molecule has 0 aliphatic rings. The van der Waals surface area contributed by atoms with E-state index in [0.717, 1.165) is 27.6 Å². The first-order valence-corrected chi connectivity index (χ1v) is 14.5. The summed E-state index contributed by atoms with van der Waals surface area (Å²) in [5.74, 6) is 0.791. The predicted molar refractivity (Wildman–Crippen MR) is 164 cm³/mol. The van der Waals surface area contributed by atoms with Gasteiger partial charge in [-0.15, -0.1) is 0 Å². The Balaban J connectivity index is 1.93. The van der Waals surface area contributed by atoms with Crippen LogP contribution in [0.3, 0.4) is 0 Å². The summed E-state index contributed by atoms with van der Waals surface area (Å²) in [7, 11) is 1.61. The monoisotopic (exact) mass is 608 g/mol. The van der Waals surface area contributed by atoms with Crippen molar-refractivity contribution >= 4 is 27.7 Å². The molecule has 0 bridgehead atoms. The molecule has 6 nitrogen and oxygen atoms in total. The van der Waals surface area contributed by atoms with E-state index >= 15 is 0 Å². The van der Waals surface area contributed by atoms with Gasteiger partial charge in [-0.25, -0.2) is 0 Å². The van der Waals surface area contributed by atoms with E-state index in [9.17, 15) is 9.59 Å². The van der Waals surface area contributed by atoms with Crippen molar-refractivity contribution < 1.29 is 19.1 Å². The van der Waals surface area contributed by atoms with Gasteiger partial charge in [0, 0.05) is 19.0 Å². The Labute approximate surface area is 247 Å². The Kier molecular flexibility index (Phi) is 11.2. The van der Waals surface area contributed by atoms with Crippen LogP contribution in [0.25, 0.3) is 0 Å². The highest BCUT2D eigenvalue weighted by atomic mass is 79.9.